The van der Waals surface area contributed by atoms with Gasteiger partial charge >= 0.3 is 0 Å². The highest BCUT2D eigenvalue weighted by atomic mass is 16.2. The van der Waals surface area contributed by atoms with E-state index >= 15 is 0 Å². The van der Waals surface area contributed by atoms with Crippen LogP contribution in [0.2, 0.25) is 0 Å². The lowest BCUT2D eigenvalue weighted by Gasteiger charge is -2.35. The Morgan fingerprint density at radius 2 is 1.87 bits per heavy atom. The molecule has 1 saturated heterocycles. The van der Waals surface area contributed by atoms with Crippen LogP contribution in [0.5, 0.6) is 0 Å². The summed E-state index contributed by atoms with van der Waals surface area (Å²) in [6.45, 7) is 7.17. The molecule has 1 fully saturated rings. The molecule has 1 aromatic heterocycles. The Labute approximate surface area is 136 Å². The van der Waals surface area contributed by atoms with Gasteiger partial charge in [0.05, 0.1) is 5.52 Å². The topological polar surface area (TPSA) is 49.3 Å². The highest BCUT2D eigenvalue weighted by Gasteiger charge is 2.21. The first-order chi connectivity index (χ1) is 11.1. The van der Waals surface area contributed by atoms with Crippen LogP contribution >= 0.6 is 0 Å². The maximum absolute atomic E-state index is 12.2. The second-order valence-corrected chi connectivity index (χ2v) is 6.13. The average Bonchev–Trinajstić information content (AvgIpc) is 2.59. The Hall–Kier alpha value is -2.43. The van der Waals surface area contributed by atoms with Crippen molar-refractivity contribution in [2.75, 3.05) is 31.1 Å². The Bertz CT molecular complexity index is 713. The molecule has 0 spiro atoms. The van der Waals surface area contributed by atoms with E-state index in [2.05, 4.69) is 28.7 Å². The lowest BCUT2D eigenvalue weighted by Crippen LogP contribution is -2.48. The molecule has 23 heavy (non-hydrogen) atoms. The van der Waals surface area contributed by atoms with Gasteiger partial charge in [-0.25, -0.2) is 9.97 Å². The molecule has 3 rings (SSSR count). The third-order valence-corrected chi connectivity index (χ3v) is 4.04. The highest BCUT2D eigenvalue weighted by Crippen LogP contribution is 2.23. The van der Waals surface area contributed by atoms with E-state index in [0.29, 0.717) is 5.92 Å². The molecule has 5 heteroatoms. The molecule has 0 aliphatic carbocycles. The van der Waals surface area contributed by atoms with Gasteiger partial charge in [-0.3, -0.25) is 4.79 Å². The summed E-state index contributed by atoms with van der Waals surface area (Å²) in [6, 6.07) is 8.03. The van der Waals surface area contributed by atoms with Crippen molar-refractivity contribution in [2.24, 2.45) is 5.92 Å². The smallest absolute Gasteiger partial charge is 0.246 e. The number of fused-ring (bicyclic) bond motifs is 1. The zero-order valence-corrected chi connectivity index (χ0v) is 13.6. The van der Waals surface area contributed by atoms with E-state index in [-0.39, 0.29) is 5.91 Å². The van der Waals surface area contributed by atoms with Gasteiger partial charge in [-0.1, -0.05) is 32.1 Å². The molecule has 120 valence electrons. The molecular weight excluding hydrogens is 288 g/mol. The number of aromatic nitrogens is 2. The van der Waals surface area contributed by atoms with Gasteiger partial charge in [-0.2, -0.15) is 0 Å². The number of hydrogen-bond acceptors (Lipinski definition) is 4. The van der Waals surface area contributed by atoms with Crippen LogP contribution in [-0.2, 0) is 4.79 Å². The lowest BCUT2D eigenvalue weighted by molar-refractivity contribution is -0.126. The molecule has 0 unspecified atom stereocenters. The van der Waals surface area contributed by atoms with Crippen molar-refractivity contribution in [1.29, 1.82) is 0 Å². The maximum atomic E-state index is 12.2. The van der Waals surface area contributed by atoms with Crippen LogP contribution in [0.1, 0.15) is 13.8 Å². The third-order valence-electron chi connectivity index (χ3n) is 4.04. The van der Waals surface area contributed by atoms with Gasteiger partial charge in [0.25, 0.3) is 0 Å². The Morgan fingerprint density at radius 3 is 2.61 bits per heavy atom. The molecule has 2 heterocycles. The molecule has 0 saturated carbocycles. The molecule has 2 aromatic rings. The van der Waals surface area contributed by atoms with Gasteiger partial charge in [-0.15, -0.1) is 0 Å². The van der Waals surface area contributed by atoms with E-state index in [1.807, 2.05) is 35.2 Å². The fourth-order valence-corrected chi connectivity index (χ4v) is 2.76. The summed E-state index contributed by atoms with van der Waals surface area (Å²) in [5.74, 6) is 1.46. The van der Waals surface area contributed by atoms with E-state index in [9.17, 15) is 4.79 Å². The number of anilines is 1. The van der Waals surface area contributed by atoms with Crippen LogP contribution in [0.4, 0.5) is 5.82 Å². The zero-order valence-electron chi connectivity index (χ0n) is 13.6. The maximum Gasteiger partial charge on any atom is 0.246 e. The molecular formula is C18H22N4O. The third kappa shape index (κ3) is 3.50. The second kappa shape index (κ2) is 6.77. The van der Waals surface area contributed by atoms with E-state index in [4.69, 9.17) is 0 Å². The number of allylic oxidation sites excluding steroid dienone is 1. The number of hydrogen-bond donors (Lipinski definition) is 0. The second-order valence-electron chi connectivity index (χ2n) is 6.13. The highest BCUT2D eigenvalue weighted by molar-refractivity contribution is 5.90. The van der Waals surface area contributed by atoms with Crippen molar-refractivity contribution in [3.63, 3.8) is 0 Å². The average molecular weight is 310 g/mol. The summed E-state index contributed by atoms with van der Waals surface area (Å²) in [5.41, 5.74) is 0.955. The fourth-order valence-electron chi connectivity index (χ4n) is 2.76. The number of amides is 1. The number of piperazine rings is 1. The van der Waals surface area contributed by atoms with Crippen molar-refractivity contribution in [3.8, 4) is 0 Å². The summed E-state index contributed by atoms with van der Waals surface area (Å²) >= 11 is 0. The van der Waals surface area contributed by atoms with Crippen molar-refractivity contribution in [1.82, 2.24) is 14.9 Å². The molecule has 0 bridgehead atoms. The standard InChI is InChI=1S/C18H22N4O/c1-14(2)7-8-17(23)21-9-11-22(12-10-21)18-15-5-3-4-6-16(15)19-13-20-18/h3-8,13-14H,9-12H2,1-2H3/b8-7+. The summed E-state index contributed by atoms with van der Waals surface area (Å²) in [6.07, 6.45) is 5.26. The summed E-state index contributed by atoms with van der Waals surface area (Å²) < 4.78 is 0. The van der Waals surface area contributed by atoms with Gasteiger partial charge in [0.15, 0.2) is 0 Å². The van der Waals surface area contributed by atoms with Crippen LogP contribution in [-0.4, -0.2) is 47.0 Å². The summed E-state index contributed by atoms with van der Waals surface area (Å²) in [7, 11) is 0. The first kappa shape index (κ1) is 15.5. The van der Waals surface area contributed by atoms with E-state index in [1.165, 1.54) is 0 Å². The molecule has 1 aromatic carbocycles. The number of nitrogens with zero attached hydrogens (tertiary/aromatic N) is 4. The number of rotatable bonds is 3. The number of para-hydroxylation sites is 1. The summed E-state index contributed by atoms with van der Waals surface area (Å²) in [5, 5.41) is 1.06. The van der Waals surface area contributed by atoms with Gasteiger partial charge in [-0.05, 0) is 24.1 Å². The van der Waals surface area contributed by atoms with Crippen molar-refractivity contribution in [2.45, 2.75) is 13.8 Å². The SMILES string of the molecule is CC(C)/C=C/C(=O)N1CCN(c2ncnc3ccccc23)CC1. The van der Waals surface area contributed by atoms with E-state index in [1.54, 1.807) is 12.4 Å². The van der Waals surface area contributed by atoms with Crippen molar-refractivity contribution < 1.29 is 4.79 Å². The van der Waals surface area contributed by atoms with E-state index < -0.39 is 0 Å². The Balaban J connectivity index is 1.70. The van der Waals surface area contributed by atoms with Crippen molar-refractivity contribution in [3.05, 3.63) is 42.7 Å². The normalized spacial score (nSPS) is 15.8. The monoisotopic (exact) mass is 310 g/mol. The van der Waals surface area contributed by atoms with Gasteiger partial charge in [0.1, 0.15) is 12.1 Å². The number of carbonyl (C=O) groups is 1. The molecule has 0 radical (unpaired) electrons. The van der Waals surface area contributed by atoms with Crippen molar-refractivity contribution >= 4 is 22.6 Å². The van der Waals surface area contributed by atoms with Crippen LogP contribution in [0.3, 0.4) is 0 Å². The van der Waals surface area contributed by atoms with Crippen LogP contribution in [0.15, 0.2) is 42.7 Å². The first-order valence-corrected chi connectivity index (χ1v) is 8.07. The fraction of sp³-hybridized carbons (Fsp3) is 0.389. The minimum atomic E-state index is 0.103. The molecule has 0 N–H and O–H groups in total. The molecule has 1 aliphatic rings. The molecule has 5 nitrogen and oxygen atoms in total. The Morgan fingerprint density at radius 1 is 1.13 bits per heavy atom. The van der Waals surface area contributed by atoms with Gasteiger partial charge in [0, 0.05) is 31.6 Å². The predicted molar refractivity (Wildman–Crippen MR) is 92.3 cm³/mol. The zero-order chi connectivity index (χ0) is 16.2. The van der Waals surface area contributed by atoms with E-state index in [0.717, 1.165) is 42.9 Å². The Kier molecular flexibility index (Phi) is 4.55. The summed E-state index contributed by atoms with van der Waals surface area (Å²) in [4.78, 5) is 25.1. The largest absolute Gasteiger partial charge is 0.352 e. The minimum absolute atomic E-state index is 0.103. The molecule has 1 amide bonds. The van der Waals surface area contributed by atoms with Gasteiger partial charge < -0.3 is 9.80 Å². The molecule has 0 atom stereocenters. The number of benzene rings is 1. The van der Waals surface area contributed by atoms with Gasteiger partial charge in [0.2, 0.25) is 5.91 Å². The lowest BCUT2D eigenvalue weighted by atomic mass is 10.2. The quantitative estimate of drug-likeness (QED) is 0.817. The predicted octanol–water partition coefficient (Wildman–Crippen LogP) is 2.49. The first-order valence-electron chi connectivity index (χ1n) is 8.07. The number of carbonyl (C=O) groups excluding carboxylic acids is 1. The van der Waals surface area contributed by atoms with Crippen LogP contribution < -0.4 is 4.90 Å². The molecule has 1 aliphatic heterocycles. The van der Waals surface area contributed by atoms with Crippen LogP contribution in [0, 0.1) is 5.92 Å². The minimum Gasteiger partial charge on any atom is -0.352 e. The van der Waals surface area contributed by atoms with Crippen LogP contribution in [0.25, 0.3) is 10.9 Å².